The Morgan fingerprint density at radius 1 is 1.53 bits per heavy atom. The zero-order valence-corrected chi connectivity index (χ0v) is 11.9. The van der Waals surface area contributed by atoms with E-state index in [2.05, 4.69) is 25.7 Å². The van der Waals surface area contributed by atoms with Crippen molar-refractivity contribution in [2.45, 2.75) is 6.04 Å². The number of hydrogen-bond donors (Lipinski definition) is 0. The van der Waals surface area contributed by atoms with Crippen LogP contribution in [0.5, 0.6) is 0 Å². The summed E-state index contributed by atoms with van der Waals surface area (Å²) in [4.78, 5) is 29.5. The third-order valence-electron chi connectivity index (χ3n) is 2.84. The molecule has 0 aromatic carbocycles. The Balaban J connectivity index is 2.20. The predicted octanol–water partition coefficient (Wildman–Crippen LogP) is 0.858. The number of carbonyl (C=O) groups excluding carboxylic acids is 2. The fourth-order valence-electron chi connectivity index (χ4n) is 1.85. The van der Waals surface area contributed by atoms with Gasteiger partial charge in [0.15, 0.2) is 6.04 Å². The maximum absolute atomic E-state index is 12.3. The molecule has 1 amide bonds. The lowest BCUT2D eigenvalue weighted by atomic mass is 10.1. The SMILES string of the molecule is COC(=O)C1COCCN1C(=O)c1ccc(Br)nc1. The van der Waals surface area contributed by atoms with Crippen LogP contribution >= 0.6 is 15.9 Å². The summed E-state index contributed by atoms with van der Waals surface area (Å²) in [7, 11) is 1.29. The number of methoxy groups -OCH3 is 1. The Bertz CT molecular complexity index is 477. The standard InChI is InChI=1S/C12H13BrN2O4/c1-18-12(17)9-7-19-5-4-15(9)11(16)8-2-3-10(13)14-6-8/h2-3,6,9H,4-5,7H2,1H3. The highest BCUT2D eigenvalue weighted by Gasteiger charge is 2.34. The van der Waals surface area contributed by atoms with E-state index in [0.717, 1.165) is 0 Å². The number of amides is 1. The molecule has 1 aromatic heterocycles. The van der Waals surface area contributed by atoms with Gasteiger partial charge in [0.25, 0.3) is 5.91 Å². The fourth-order valence-corrected chi connectivity index (χ4v) is 2.08. The van der Waals surface area contributed by atoms with Gasteiger partial charge < -0.3 is 14.4 Å². The summed E-state index contributed by atoms with van der Waals surface area (Å²) in [6.45, 7) is 0.917. The third kappa shape index (κ3) is 3.10. The first-order chi connectivity index (χ1) is 9.13. The molecule has 2 rings (SSSR count). The first-order valence-corrected chi connectivity index (χ1v) is 6.51. The maximum Gasteiger partial charge on any atom is 0.331 e. The van der Waals surface area contributed by atoms with Crippen LogP contribution in [0.3, 0.4) is 0 Å². The quantitative estimate of drug-likeness (QED) is 0.595. The van der Waals surface area contributed by atoms with Crippen LogP contribution in [0.15, 0.2) is 22.9 Å². The van der Waals surface area contributed by atoms with E-state index in [-0.39, 0.29) is 12.5 Å². The molecule has 1 saturated heterocycles. The van der Waals surface area contributed by atoms with Crippen LogP contribution in [0, 0.1) is 0 Å². The Morgan fingerprint density at radius 2 is 2.32 bits per heavy atom. The molecule has 0 radical (unpaired) electrons. The van der Waals surface area contributed by atoms with Crippen molar-refractivity contribution in [1.82, 2.24) is 9.88 Å². The van der Waals surface area contributed by atoms with Gasteiger partial charge in [-0.1, -0.05) is 0 Å². The molecule has 6 nitrogen and oxygen atoms in total. The number of esters is 1. The second kappa shape index (κ2) is 6.12. The minimum atomic E-state index is -0.699. The molecule has 1 fully saturated rings. The van der Waals surface area contributed by atoms with E-state index in [1.165, 1.54) is 18.2 Å². The highest BCUT2D eigenvalue weighted by atomic mass is 79.9. The summed E-state index contributed by atoms with van der Waals surface area (Å²) in [6, 6.07) is 2.64. The van der Waals surface area contributed by atoms with Gasteiger partial charge in [-0.2, -0.15) is 0 Å². The normalized spacial score (nSPS) is 19.1. The number of pyridine rings is 1. The molecule has 2 heterocycles. The molecule has 1 aliphatic rings. The molecule has 1 atom stereocenters. The summed E-state index contributed by atoms with van der Waals surface area (Å²) in [6.07, 6.45) is 1.47. The van der Waals surface area contributed by atoms with Gasteiger partial charge in [0.05, 0.1) is 25.9 Å². The molecule has 1 unspecified atom stereocenters. The van der Waals surface area contributed by atoms with Crippen molar-refractivity contribution >= 4 is 27.8 Å². The van der Waals surface area contributed by atoms with Crippen molar-refractivity contribution in [2.24, 2.45) is 0 Å². The third-order valence-corrected chi connectivity index (χ3v) is 3.31. The molecule has 0 aliphatic carbocycles. The average molecular weight is 329 g/mol. The summed E-state index contributed by atoms with van der Waals surface area (Å²) in [5, 5.41) is 0. The van der Waals surface area contributed by atoms with Gasteiger partial charge in [-0.15, -0.1) is 0 Å². The molecule has 7 heteroatoms. The number of halogens is 1. The van der Waals surface area contributed by atoms with Crippen molar-refractivity contribution in [1.29, 1.82) is 0 Å². The van der Waals surface area contributed by atoms with Crippen LogP contribution in [0.2, 0.25) is 0 Å². The van der Waals surface area contributed by atoms with Crippen LogP contribution in [0.1, 0.15) is 10.4 Å². The number of rotatable bonds is 2. The topological polar surface area (TPSA) is 68.7 Å². The van der Waals surface area contributed by atoms with E-state index in [9.17, 15) is 9.59 Å². The summed E-state index contributed by atoms with van der Waals surface area (Å²) in [5.74, 6) is -0.725. The first kappa shape index (κ1) is 14.0. The summed E-state index contributed by atoms with van der Waals surface area (Å²) in [5.41, 5.74) is 0.430. The predicted molar refractivity (Wildman–Crippen MR) is 69.6 cm³/mol. The van der Waals surface area contributed by atoms with Crippen molar-refractivity contribution in [3.8, 4) is 0 Å². The summed E-state index contributed by atoms with van der Waals surface area (Å²) < 4.78 is 10.6. The number of carbonyl (C=O) groups is 2. The smallest absolute Gasteiger partial charge is 0.331 e. The Hall–Kier alpha value is -1.47. The second-order valence-corrected chi connectivity index (χ2v) is 4.79. The van der Waals surface area contributed by atoms with Crippen molar-refractivity contribution < 1.29 is 19.1 Å². The van der Waals surface area contributed by atoms with E-state index < -0.39 is 12.0 Å². The average Bonchev–Trinajstić information content (AvgIpc) is 2.46. The number of aromatic nitrogens is 1. The van der Waals surface area contributed by atoms with Crippen molar-refractivity contribution in [3.05, 3.63) is 28.5 Å². The Kier molecular flexibility index (Phi) is 4.49. The van der Waals surface area contributed by atoms with Gasteiger partial charge >= 0.3 is 5.97 Å². The number of ether oxygens (including phenoxy) is 2. The second-order valence-electron chi connectivity index (χ2n) is 3.98. The van der Waals surface area contributed by atoms with Gasteiger partial charge in [0.1, 0.15) is 4.60 Å². The summed E-state index contributed by atoms with van der Waals surface area (Å²) >= 11 is 3.21. The van der Waals surface area contributed by atoms with Gasteiger partial charge in [0.2, 0.25) is 0 Å². The van der Waals surface area contributed by atoms with E-state index in [1.54, 1.807) is 12.1 Å². The molecular weight excluding hydrogens is 316 g/mol. The highest BCUT2D eigenvalue weighted by Crippen LogP contribution is 2.14. The minimum Gasteiger partial charge on any atom is -0.467 e. The lowest BCUT2D eigenvalue weighted by Gasteiger charge is -2.33. The van der Waals surface area contributed by atoms with Gasteiger partial charge in [-0.05, 0) is 28.1 Å². The maximum atomic E-state index is 12.3. The van der Waals surface area contributed by atoms with Crippen molar-refractivity contribution in [2.75, 3.05) is 26.9 Å². The Labute approximate surface area is 118 Å². The molecule has 0 N–H and O–H groups in total. The van der Waals surface area contributed by atoms with E-state index >= 15 is 0 Å². The number of morpholine rings is 1. The zero-order chi connectivity index (χ0) is 13.8. The molecule has 0 bridgehead atoms. The van der Waals surface area contributed by atoms with Crippen molar-refractivity contribution in [3.63, 3.8) is 0 Å². The van der Waals surface area contributed by atoms with Crippen LogP contribution in [-0.2, 0) is 14.3 Å². The minimum absolute atomic E-state index is 0.155. The zero-order valence-electron chi connectivity index (χ0n) is 10.3. The molecule has 19 heavy (non-hydrogen) atoms. The van der Waals surface area contributed by atoms with E-state index in [0.29, 0.717) is 23.3 Å². The molecule has 102 valence electrons. The first-order valence-electron chi connectivity index (χ1n) is 5.71. The van der Waals surface area contributed by atoms with Gasteiger partial charge in [-0.25, -0.2) is 9.78 Å². The van der Waals surface area contributed by atoms with Crippen LogP contribution in [0.25, 0.3) is 0 Å². The number of nitrogens with zero attached hydrogens (tertiary/aromatic N) is 2. The van der Waals surface area contributed by atoms with Crippen LogP contribution in [0.4, 0.5) is 0 Å². The molecular formula is C12H13BrN2O4. The largest absolute Gasteiger partial charge is 0.467 e. The van der Waals surface area contributed by atoms with Gasteiger partial charge in [-0.3, -0.25) is 4.79 Å². The highest BCUT2D eigenvalue weighted by molar-refractivity contribution is 9.10. The lowest BCUT2D eigenvalue weighted by Crippen LogP contribution is -2.53. The Morgan fingerprint density at radius 3 is 2.95 bits per heavy atom. The number of hydrogen-bond acceptors (Lipinski definition) is 5. The van der Waals surface area contributed by atoms with E-state index in [4.69, 9.17) is 4.74 Å². The lowest BCUT2D eigenvalue weighted by molar-refractivity contribution is -0.151. The van der Waals surface area contributed by atoms with Crippen LogP contribution in [-0.4, -0.2) is 54.7 Å². The monoisotopic (exact) mass is 328 g/mol. The van der Waals surface area contributed by atoms with Crippen LogP contribution < -0.4 is 0 Å². The molecule has 1 aromatic rings. The molecule has 1 aliphatic heterocycles. The van der Waals surface area contributed by atoms with E-state index in [1.807, 2.05) is 0 Å². The fraction of sp³-hybridized carbons (Fsp3) is 0.417. The molecule has 0 saturated carbocycles. The van der Waals surface area contributed by atoms with Gasteiger partial charge in [0, 0.05) is 12.7 Å². The molecule has 0 spiro atoms.